The number of unbranched alkanes of at least 4 members (excludes halogenated alkanes) is 1. The molecule has 2 fully saturated rings. The molecule has 2 amide bonds. The monoisotopic (exact) mass is 352 g/mol. The van der Waals surface area contributed by atoms with Crippen molar-refractivity contribution in [2.75, 3.05) is 26.2 Å². The SMILES string of the molecule is CCCCC1CCC(C(=O)N2CCN(C(=O)OC(C)(C)C)CC2)CC1. The Balaban J connectivity index is 1.74. The quantitative estimate of drug-likeness (QED) is 0.766. The Hall–Kier alpha value is -1.26. The summed E-state index contributed by atoms with van der Waals surface area (Å²) in [5, 5.41) is 0. The Morgan fingerprint density at radius 2 is 1.52 bits per heavy atom. The fourth-order valence-electron chi connectivity index (χ4n) is 3.88. The van der Waals surface area contributed by atoms with Gasteiger partial charge < -0.3 is 14.5 Å². The molecule has 144 valence electrons. The largest absolute Gasteiger partial charge is 0.444 e. The van der Waals surface area contributed by atoms with Gasteiger partial charge in [-0.15, -0.1) is 0 Å². The normalized spacial score (nSPS) is 25.0. The topological polar surface area (TPSA) is 49.9 Å². The molecule has 0 aromatic carbocycles. The lowest BCUT2D eigenvalue weighted by Gasteiger charge is -2.38. The first-order valence-corrected chi connectivity index (χ1v) is 10.1. The predicted octanol–water partition coefficient (Wildman–Crippen LogP) is 4.06. The van der Waals surface area contributed by atoms with Gasteiger partial charge in [0.2, 0.25) is 5.91 Å². The molecule has 5 nitrogen and oxygen atoms in total. The van der Waals surface area contributed by atoms with E-state index in [1.807, 2.05) is 25.7 Å². The molecule has 0 atom stereocenters. The van der Waals surface area contributed by atoms with Crippen LogP contribution in [0.25, 0.3) is 0 Å². The molecule has 2 rings (SSSR count). The van der Waals surface area contributed by atoms with E-state index >= 15 is 0 Å². The number of rotatable bonds is 4. The van der Waals surface area contributed by atoms with Gasteiger partial charge in [0.25, 0.3) is 0 Å². The molecule has 0 N–H and O–H groups in total. The minimum absolute atomic E-state index is 0.200. The summed E-state index contributed by atoms with van der Waals surface area (Å²) in [7, 11) is 0. The van der Waals surface area contributed by atoms with Crippen molar-refractivity contribution in [3.63, 3.8) is 0 Å². The van der Waals surface area contributed by atoms with Crippen molar-refractivity contribution in [2.45, 2.75) is 78.2 Å². The van der Waals surface area contributed by atoms with Gasteiger partial charge in [0.05, 0.1) is 0 Å². The summed E-state index contributed by atoms with van der Waals surface area (Å²) in [5.74, 6) is 1.33. The van der Waals surface area contributed by atoms with E-state index in [0.29, 0.717) is 32.1 Å². The van der Waals surface area contributed by atoms with Gasteiger partial charge in [-0.25, -0.2) is 4.79 Å². The summed E-state index contributed by atoms with van der Waals surface area (Å²) in [6.45, 7) is 10.3. The van der Waals surface area contributed by atoms with Gasteiger partial charge in [-0.1, -0.05) is 26.2 Å². The molecule has 1 heterocycles. The van der Waals surface area contributed by atoms with Crippen molar-refractivity contribution in [2.24, 2.45) is 11.8 Å². The van der Waals surface area contributed by atoms with Crippen LogP contribution in [0.5, 0.6) is 0 Å². The van der Waals surface area contributed by atoms with Crippen molar-refractivity contribution in [1.29, 1.82) is 0 Å². The van der Waals surface area contributed by atoms with Crippen molar-refractivity contribution >= 4 is 12.0 Å². The van der Waals surface area contributed by atoms with Crippen LogP contribution in [0.4, 0.5) is 4.79 Å². The van der Waals surface area contributed by atoms with Crippen LogP contribution in [-0.4, -0.2) is 53.6 Å². The summed E-state index contributed by atoms with van der Waals surface area (Å²) < 4.78 is 5.42. The van der Waals surface area contributed by atoms with Crippen LogP contribution in [0.2, 0.25) is 0 Å². The number of carbonyl (C=O) groups excluding carboxylic acids is 2. The molecule has 0 unspecified atom stereocenters. The van der Waals surface area contributed by atoms with Gasteiger partial charge in [0.15, 0.2) is 0 Å². The highest BCUT2D eigenvalue weighted by Gasteiger charge is 2.32. The third-order valence-corrected chi connectivity index (χ3v) is 5.40. The highest BCUT2D eigenvalue weighted by molar-refractivity contribution is 5.79. The van der Waals surface area contributed by atoms with Crippen LogP contribution in [0.15, 0.2) is 0 Å². The smallest absolute Gasteiger partial charge is 0.410 e. The van der Waals surface area contributed by atoms with E-state index in [1.54, 1.807) is 4.90 Å². The van der Waals surface area contributed by atoms with Crippen molar-refractivity contribution < 1.29 is 14.3 Å². The Bertz CT molecular complexity index is 442. The minimum Gasteiger partial charge on any atom is -0.444 e. The molecule has 0 spiro atoms. The van der Waals surface area contributed by atoms with Crippen LogP contribution in [0.1, 0.15) is 72.6 Å². The van der Waals surface area contributed by atoms with Crippen LogP contribution in [-0.2, 0) is 9.53 Å². The first-order valence-electron chi connectivity index (χ1n) is 10.1. The second-order valence-electron chi connectivity index (χ2n) is 8.65. The van der Waals surface area contributed by atoms with E-state index in [-0.39, 0.29) is 12.0 Å². The second kappa shape index (κ2) is 8.91. The van der Waals surface area contributed by atoms with Gasteiger partial charge in [-0.2, -0.15) is 0 Å². The number of nitrogens with zero attached hydrogens (tertiary/aromatic N) is 2. The average molecular weight is 353 g/mol. The van der Waals surface area contributed by atoms with Crippen LogP contribution >= 0.6 is 0 Å². The van der Waals surface area contributed by atoms with E-state index in [9.17, 15) is 9.59 Å². The van der Waals surface area contributed by atoms with Crippen molar-refractivity contribution in [1.82, 2.24) is 9.80 Å². The summed E-state index contributed by atoms with van der Waals surface area (Å²) in [6, 6.07) is 0. The maximum atomic E-state index is 12.8. The van der Waals surface area contributed by atoms with E-state index in [0.717, 1.165) is 18.8 Å². The van der Waals surface area contributed by atoms with Gasteiger partial charge >= 0.3 is 6.09 Å². The average Bonchev–Trinajstić information content (AvgIpc) is 2.58. The molecule has 0 bridgehead atoms. The number of carbonyl (C=O) groups is 2. The van der Waals surface area contributed by atoms with Gasteiger partial charge in [0, 0.05) is 32.1 Å². The van der Waals surface area contributed by atoms with E-state index in [2.05, 4.69) is 6.92 Å². The third-order valence-electron chi connectivity index (χ3n) is 5.40. The second-order valence-corrected chi connectivity index (χ2v) is 8.65. The molecule has 0 aromatic rings. The number of amides is 2. The third kappa shape index (κ3) is 6.19. The highest BCUT2D eigenvalue weighted by Crippen LogP contribution is 2.33. The summed E-state index contributed by atoms with van der Waals surface area (Å²) >= 11 is 0. The van der Waals surface area contributed by atoms with Gasteiger partial charge in [0.1, 0.15) is 5.60 Å². The molecule has 25 heavy (non-hydrogen) atoms. The zero-order valence-electron chi connectivity index (χ0n) is 16.6. The predicted molar refractivity (Wildman–Crippen MR) is 99.4 cm³/mol. The molecular weight excluding hydrogens is 316 g/mol. The molecule has 0 aromatic heterocycles. The van der Waals surface area contributed by atoms with E-state index in [1.165, 1.54) is 32.1 Å². The maximum absolute atomic E-state index is 12.8. The summed E-state index contributed by atoms with van der Waals surface area (Å²) in [4.78, 5) is 28.6. The first kappa shape index (κ1) is 20.1. The van der Waals surface area contributed by atoms with Crippen LogP contribution < -0.4 is 0 Å². The number of ether oxygens (including phenoxy) is 1. The molecule has 1 saturated carbocycles. The molecule has 2 aliphatic rings. The molecule has 1 saturated heterocycles. The minimum atomic E-state index is -0.472. The Morgan fingerprint density at radius 1 is 0.960 bits per heavy atom. The lowest BCUT2D eigenvalue weighted by molar-refractivity contribution is -0.138. The molecular formula is C20H36N2O3. The van der Waals surface area contributed by atoms with Crippen LogP contribution in [0, 0.1) is 11.8 Å². The summed E-state index contributed by atoms with van der Waals surface area (Å²) in [6.07, 6.45) is 8.13. The lowest BCUT2D eigenvalue weighted by Crippen LogP contribution is -2.53. The molecule has 1 aliphatic carbocycles. The first-order chi connectivity index (χ1) is 11.8. The fraction of sp³-hybridized carbons (Fsp3) is 0.900. The van der Waals surface area contributed by atoms with E-state index in [4.69, 9.17) is 4.74 Å². The standard InChI is InChI=1S/C20H36N2O3/c1-5-6-7-16-8-10-17(11-9-16)18(23)21-12-14-22(15-13-21)19(24)25-20(2,3)4/h16-17H,5-15H2,1-4H3. The lowest BCUT2D eigenvalue weighted by atomic mass is 9.79. The molecule has 0 radical (unpaired) electrons. The summed E-state index contributed by atoms with van der Waals surface area (Å²) in [5.41, 5.74) is -0.472. The zero-order valence-corrected chi connectivity index (χ0v) is 16.6. The number of hydrogen-bond acceptors (Lipinski definition) is 3. The van der Waals surface area contributed by atoms with Gasteiger partial charge in [-0.05, 0) is 52.4 Å². The van der Waals surface area contributed by atoms with Crippen LogP contribution in [0.3, 0.4) is 0 Å². The zero-order chi connectivity index (χ0) is 18.4. The Morgan fingerprint density at radius 3 is 2.04 bits per heavy atom. The molecule has 5 heteroatoms. The van der Waals surface area contributed by atoms with Crippen molar-refractivity contribution in [3.05, 3.63) is 0 Å². The van der Waals surface area contributed by atoms with Crippen molar-refractivity contribution in [3.8, 4) is 0 Å². The Kier molecular flexibility index (Phi) is 7.14. The Labute approximate surface area is 153 Å². The highest BCUT2D eigenvalue weighted by atomic mass is 16.6. The maximum Gasteiger partial charge on any atom is 0.410 e. The fourth-order valence-corrected chi connectivity index (χ4v) is 3.88. The number of hydrogen-bond donors (Lipinski definition) is 0. The van der Waals surface area contributed by atoms with Gasteiger partial charge in [-0.3, -0.25) is 4.79 Å². The van der Waals surface area contributed by atoms with E-state index < -0.39 is 5.60 Å². The molecule has 1 aliphatic heterocycles. The number of piperazine rings is 1.